The van der Waals surface area contributed by atoms with Crippen LogP contribution in [0, 0.1) is 5.41 Å². The summed E-state index contributed by atoms with van der Waals surface area (Å²) in [5, 5.41) is 6.51. The second-order valence-corrected chi connectivity index (χ2v) is 5.03. The molecule has 0 radical (unpaired) electrons. The van der Waals surface area contributed by atoms with E-state index in [1.807, 2.05) is 0 Å². The van der Waals surface area contributed by atoms with E-state index in [0.29, 0.717) is 11.9 Å². The van der Waals surface area contributed by atoms with Crippen LogP contribution < -0.4 is 10.6 Å². The monoisotopic (exact) mass is 210 g/mol. The molecule has 0 aromatic rings. The molecule has 0 aromatic carbocycles. The fourth-order valence-corrected chi connectivity index (χ4v) is 2.55. The summed E-state index contributed by atoms with van der Waals surface area (Å²) in [5.74, 6) is 0.304. The minimum Gasteiger partial charge on any atom is -0.354 e. The van der Waals surface area contributed by atoms with Crippen LogP contribution >= 0.6 is 0 Å². The van der Waals surface area contributed by atoms with E-state index < -0.39 is 0 Å². The second kappa shape index (κ2) is 4.52. The van der Waals surface area contributed by atoms with Crippen molar-refractivity contribution in [1.29, 1.82) is 0 Å². The third kappa shape index (κ3) is 2.51. The molecule has 2 aliphatic rings. The van der Waals surface area contributed by atoms with E-state index in [1.54, 1.807) is 0 Å². The first-order chi connectivity index (χ1) is 7.27. The number of amides is 1. The predicted octanol–water partition coefficient (Wildman–Crippen LogP) is 1.43. The minimum atomic E-state index is 0.0351. The Kier molecular flexibility index (Phi) is 3.29. The Bertz CT molecular complexity index is 230. The first-order valence-electron chi connectivity index (χ1n) is 6.28. The Hall–Kier alpha value is -0.570. The molecule has 1 unspecified atom stereocenters. The van der Waals surface area contributed by atoms with Gasteiger partial charge in [-0.3, -0.25) is 4.79 Å². The quantitative estimate of drug-likeness (QED) is 0.721. The molecular formula is C12H22N2O. The molecule has 0 aromatic heterocycles. The zero-order valence-electron chi connectivity index (χ0n) is 9.64. The van der Waals surface area contributed by atoms with Crippen LogP contribution in [-0.2, 0) is 4.79 Å². The summed E-state index contributed by atoms with van der Waals surface area (Å²) >= 11 is 0. The molecule has 2 rings (SSSR count). The van der Waals surface area contributed by atoms with Crippen LogP contribution in [0.4, 0.5) is 0 Å². The van der Waals surface area contributed by atoms with Crippen LogP contribution in [0.5, 0.6) is 0 Å². The van der Waals surface area contributed by atoms with Crippen molar-refractivity contribution in [2.75, 3.05) is 13.1 Å². The summed E-state index contributed by atoms with van der Waals surface area (Å²) in [5.41, 5.74) is 0.0351. The van der Waals surface area contributed by atoms with Crippen molar-refractivity contribution in [3.05, 3.63) is 0 Å². The Morgan fingerprint density at radius 1 is 1.53 bits per heavy atom. The maximum atomic E-state index is 11.9. The molecule has 1 saturated carbocycles. The molecule has 3 nitrogen and oxygen atoms in total. The first kappa shape index (κ1) is 10.9. The van der Waals surface area contributed by atoms with E-state index in [9.17, 15) is 4.79 Å². The van der Waals surface area contributed by atoms with Gasteiger partial charge in [-0.15, -0.1) is 0 Å². The summed E-state index contributed by atoms with van der Waals surface area (Å²) in [4.78, 5) is 11.9. The molecule has 15 heavy (non-hydrogen) atoms. The number of hydrogen-bond donors (Lipinski definition) is 2. The van der Waals surface area contributed by atoms with Gasteiger partial charge in [0.15, 0.2) is 0 Å². The third-order valence-electron chi connectivity index (χ3n) is 3.74. The van der Waals surface area contributed by atoms with Crippen LogP contribution in [0.2, 0.25) is 0 Å². The highest BCUT2D eigenvalue weighted by atomic mass is 16.2. The van der Waals surface area contributed by atoms with Gasteiger partial charge in [-0.1, -0.05) is 13.3 Å². The van der Waals surface area contributed by atoms with Gasteiger partial charge in [0.1, 0.15) is 0 Å². The normalized spacial score (nSPS) is 27.7. The first-order valence-corrected chi connectivity index (χ1v) is 6.28. The van der Waals surface area contributed by atoms with E-state index in [2.05, 4.69) is 17.6 Å². The number of rotatable bonds is 5. The van der Waals surface area contributed by atoms with E-state index in [-0.39, 0.29) is 5.41 Å². The second-order valence-electron chi connectivity index (χ2n) is 5.03. The number of hydrogen-bond acceptors (Lipinski definition) is 2. The number of nitrogens with one attached hydrogen (secondary N) is 2. The molecule has 0 bridgehead atoms. The van der Waals surface area contributed by atoms with Gasteiger partial charge in [0.05, 0.1) is 0 Å². The molecule has 86 valence electrons. The lowest BCUT2D eigenvalue weighted by Crippen LogP contribution is -2.40. The highest BCUT2D eigenvalue weighted by Crippen LogP contribution is 2.49. The molecule has 3 heteroatoms. The van der Waals surface area contributed by atoms with Crippen molar-refractivity contribution in [3.8, 4) is 0 Å². The highest BCUT2D eigenvalue weighted by molar-refractivity contribution is 5.85. The standard InChI is InChI=1S/C12H22N2O/c1-2-5-12(6-7-12)11(15)14-9-10-4-3-8-13-10/h10,13H,2-9H2,1H3,(H,14,15). The van der Waals surface area contributed by atoms with Gasteiger partial charge in [0.2, 0.25) is 5.91 Å². The fraction of sp³-hybridized carbons (Fsp3) is 0.917. The molecule has 0 spiro atoms. The van der Waals surface area contributed by atoms with Gasteiger partial charge in [0.25, 0.3) is 0 Å². The summed E-state index contributed by atoms with van der Waals surface area (Å²) < 4.78 is 0. The van der Waals surface area contributed by atoms with Gasteiger partial charge in [0, 0.05) is 18.0 Å². The van der Waals surface area contributed by atoms with E-state index in [1.165, 1.54) is 12.8 Å². The van der Waals surface area contributed by atoms with E-state index >= 15 is 0 Å². The minimum absolute atomic E-state index is 0.0351. The van der Waals surface area contributed by atoms with Crippen LogP contribution in [0.15, 0.2) is 0 Å². The maximum absolute atomic E-state index is 11.9. The molecule has 1 aliphatic heterocycles. The van der Waals surface area contributed by atoms with Crippen LogP contribution in [0.25, 0.3) is 0 Å². The lowest BCUT2D eigenvalue weighted by molar-refractivity contribution is -0.126. The molecule has 1 amide bonds. The van der Waals surface area contributed by atoms with E-state index in [4.69, 9.17) is 0 Å². The summed E-state index contributed by atoms with van der Waals surface area (Å²) in [6.07, 6.45) is 6.85. The van der Waals surface area contributed by atoms with Gasteiger partial charge in [-0.25, -0.2) is 0 Å². The SMILES string of the molecule is CCCC1(C(=O)NCC2CCCN2)CC1. The Labute approximate surface area is 92.0 Å². The maximum Gasteiger partial charge on any atom is 0.226 e. The average molecular weight is 210 g/mol. The van der Waals surface area contributed by atoms with Crippen molar-refractivity contribution in [3.63, 3.8) is 0 Å². The summed E-state index contributed by atoms with van der Waals surface area (Å²) in [6.45, 7) is 4.09. The molecular weight excluding hydrogens is 188 g/mol. The molecule has 1 atom stereocenters. The van der Waals surface area contributed by atoms with Gasteiger partial charge >= 0.3 is 0 Å². The molecule has 1 aliphatic carbocycles. The molecule has 1 heterocycles. The fourth-order valence-electron chi connectivity index (χ4n) is 2.55. The third-order valence-corrected chi connectivity index (χ3v) is 3.74. The Morgan fingerprint density at radius 2 is 2.33 bits per heavy atom. The van der Waals surface area contributed by atoms with Crippen molar-refractivity contribution in [2.45, 2.75) is 51.5 Å². The summed E-state index contributed by atoms with van der Waals surface area (Å²) in [6, 6.07) is 0.520. The lowest BCUT2D eigenvalue weighted by Gasteiger charge is -2.16. The van der Waals surface area contributed by atoms with E-state index in [0.717, 1.165) is 38.8 Å². The predicted molar refractivity (Wildman–Crippen MR) is 60.6 cm³/mol. The van der Waals surface area contributed by atoms with Crippen molar-refractivity contribution in [2.24, 2.45) is 5.41 Å². The average Bonchev–Trinajstić information content (AvgIpc) is 2.83. The molecule has 2 fully saturated rings. The Morgan fingerprint density at radius 3 is 2.87 bits per heavy atom. The van der Waals surface area contributed by atoms with Crippen molar-refractivity contribution in [1.82, 2.24) is 10.6 Å². The van der Waals surface area contributed by atoms with Crippen molar-refractivity contribution >= 4 is 5.91 Å². The Balaban J connectivity index is 1.72. The smallest absolute Gasteiger partial charge is 0.226 e. The van der Waals surface area contributed by atoms with Crippen molar-refractivity contribution < 1.29 is 4.79 Å². The van der Waals surface area contributed by atoms with Gasteiger partial charge < -0.3 is 10.6 Å². The van der Waals surface area contributed by atoms with Crippen LogP contribution in [0.1, 0.15) is 45.4 Å². The highest BCUT2D eigenvalue weighted by Gasteiger charge is 2.48. The molecule has 2 N–H and O–H groups in total. The lowest BCUT2D eigenvalue weighted by atomic mass is 9.99. The summed E-state index contributed by atoms with van der Waals surface area (Å²) in [7, 11) is 0. The van der Waals surface area contributed by atoms with Gasteiger partial charge in [-0.2, -0.15) is 0 Å². The largest absolute Gasteiger partial charge is 0.354 e. The molecule has 1 saturated heterocycles. The van der Waals surface area contributed by atoms with Crippen LogP contribution in [0.3, 0.4) is 0 Å². The van der Waals surface area contributed by atoms with Gasteiger partial charge in [-0.05, 0) is 38.6 Å². The zero-order chi connectivity index (χ0) is 10.7. The zero-order valence-corrected chi connectivity index (χ0v) is 9.64. The van der Waals surface area contributed by atoms with Crippen LogP contribution in [-0.4, -0.2) is 25.0 Å². The number of carbonyl (C=O) groups excluding carboxylic acids is 1. The number of carbonyl (C=O) groups is 1. The topological polar surface area (TPSA) is 41.1 Å².